The third-order valence-electron chi connectivity index (χ3n) is 4.72. The average molecular weight is 355 g/mol. The minimum atomic E-state index is -0.0147. The molecule has 0 radical (unpaired) electrons. The van der Waals surface area contributed by atoms with Gasteiger partial charge >= 0.3 is 0 Å². The van der Waals surface area contributed by atoms with Crippen molar-refractivity contribution < 1.29 is 19.0 Å². The number of likely N-dealkylation sites (tertiary alicyclic amines) is 1. The predicted octanol–water partition coefficient (Wildman–Crippen LogP) is 4.08. The second-order valence-electron chi connectivity index (χ2n) is 6.22. The monoisotopic (exact) mass is 355 g/mol. The van der Waals surface area contributed by atoms with E-state index in [4.69, 9.17) is 14.2 Å². The fraction of sp³-hybridized carbons (Fsp3) is 0.381. The first-order chi connectivity index (χ1) is 12.7. The standard InChI is InChI=1S/C21H25NO4/c1-4-26-16-9-7-15(8-10-16)21(23)22-13-5-6-19(22)18-14-17(24-2)11-12-20(18)25-3/h7-12,14,19H,4-6,13H2,1-3H3/t19-/m1/s1. The van der Waals surface area contributed by atoms with E-state index in [-0.39, 0.29) is 11.9 Å². The summed E-state index contributed by atoms with van der Waals surface area (Å²) < 4.78 is 16.3. The van der Waals surface area contributed by atoms with Crippen LogP contribution in [0, 0.1) is 0 Å². The van der Waals surface area contributed by atoms with Gasteiger partial charge in [0.2, 0.25) is 0 Å². The molecule has 0 saturated carbocycles. The van der Waals surface area contributed by atoms with Crippen molar-refractivity contribution in [2.24, 2.45) is 0 Å². The highest BCUT2D eigenvalue weighted by atomic mass is 16.5. The van der Waals surface area contributed by atoms with Gasteiger partial charge in [0.15, 0.2) is 0 Å². The number of hydrogen-bond acceptors (Lipinski definition) is 4. The molecule has 2 aromatic rings. The Kier molecular flexibility index (Phi) is 5.66. The minimum Gasteiger partial charge on any atom is -0.497 e. The Morgan fingerprint density at radius 3 is 2.46 bits per heavy atom. The molecule has 1 amide bonds. The molecule has 0 spiro atoms. The number of carbonyl (C=O) groups is 1. The lowest BCUT2D eigenvalue weighted by molar-refractivity contribution is 0.0734. The summed E-state index contributed by atoms with van der Waals surface area (Å²) in [5.41, 5.74) is 1.66. The van der Waals surface area contributed by atoms with Crippen molar-refractivity contribution in [3.05, 3.63) is 53.6 Å². The molecule has 0 aliphatic carbocycles. The molecule has 1 fully saturated rings. The number of ether oxygens (including phenoxy) is 3. The highest BCUT2D eigenvalue weighted by molar-refractivity contribution is 5.94. The molecule has 5 nitrogen and oxygen atoms in total. The Labute approximate surface area is 154 Å². The smallest absolute Gasteiger partial charge is 0.254 e. The number of methoxy groups -OCH3 is 2. The lowest BCUT2D eigenvalue weighted by Gasteiger charge is -2.27. The topological polar surface area (TPSA) is 48.0 Å². The summed E-state index contributed by atoms with van der Waals surface area (Å²) in [7, 11) is 3.29. The summed E-state index contributed by atoms with van der Waals surface area (Å²) in [4.78, 5) is 15.0. The molecule has 26 heavy (non-hydrogen) atoms. The first-order valence-corrected chi connectivity index (χ1v) is 8.93. The van der Waals surface area contributed by atoms with E-state index in [1.165, 1.54) is 0 Å². The number of hydrogen-bond donors (Lipinski definition) is 0. The van der Waals surface area contributed by atoms with Crippen molar-refractivity contribution in [1.29, 1.82) is 0 Å². The highest BCUT2D eigenvalue weighted by Crippen LogP contribution is 2.39. The molecule has 1 saturated heterocycles. The third kappa shape index (κ3) is 3.62. The summed E-state index contributed by atoms with van der Waals surface area (Å²) in [6, 6.07) is 13.0. The van der Waals surface area contributed by atoms with Crippen molar-refractivity contribution in [2.75, 3.05) is 27.4 Å². The Bertz CT molecular complexity index is 757. The minimum absolute atomic E-state index is 0.0147. The van der Waals surface area contributed by atoms with Gasteiger partial charge in [0.05, 0.1) is 26.9 Å². The maximum atomic E-state index is 13.1. The van der Waals surface area contributed by atoms with Crippen molar-refractivity contribution >= 4 is 5.91 Å². The largest absolute Gasteiger partial charge is 0.497 e. The molecule has 0 N–H and O–H groups in total. The normalized spacial score (nSPS) is 16.4. The Hall–Kier alpha value is -2.69. The quantitative estimate of drug-likeness (QED) is 0.783. The van der Waals surface area contributed by atoms with Gasteiger partial charge in [0.25, 0.3) is 5.91 Å². The van der Waals surface area contributed by atoms with Crippen LogP contribution in [0.4, 0.5) is 0 Å². The molecule has 3 rings (SSSR count). The molecular formula is C21H25NO4. The molecule has 138 valence electrons. The molecule has 5 heteroatoms. The molecule has 2 aromatic carbocycles. The molecule has 1 aliphatic rings. The zero-order chi connectivity index (χ0) is 18.5. The van der Waals surface area contributed by atoms with Crippen LogP contribution in [-0.2, 0) is 0 Å². The van der Waals surface area contributed by atoms with E-state index in [1.54, 1.807) is 14.2 Å². The molecule has 0 bridgehead atoms. The first kappa shape index (κ1) is 18.1. The predicted molar refractivity (Wildman–Crippen MR) is 100 cm³/mol. The van der Waals surface area contributed by atoms with Gasteiger partial charge in [0, 0.05) is 17.7 Å². The van der Waals surface area contributed by atoms with E-state index in [1.807, 2.05) is 54.3 Å². The van der Waals surface area contributed by atoms with Crippen LogP contribution in [0.15, 0.2) is 42.5 Å². The van der Waals surface area contributed by atoms with E-state index in [0.717, 1.165) is 42.2 Å². The van der Waals surface area contributed by atoms with Crippen LogP contribution >= 0.6 is 0 Å². The van der Waals surface area contributed by atoms with E-state index in [9.17, 15) is 4.79 Å². The molecular weight excluding hydrogens is 330 g/mol. The van der Waals surface area contributed by atoms with Gasteiger partial charge in [-0.25, -0.2) is 0 Å². The molecule has 0 unspecified atom stereocenters. The van der Waals surface area contributed by atoms with E-state index >= 15 is 0 Å². The second-order valence-corrected chi connectivity index (χ2v) is 6.22. The van der Waals surface area contributed by atoms with E-state index < -0.39 is 0 Å². The van der Waals surface area contributed by atoms with Crippen molar-refractivity contribution in [1.82, 2.24) is 4.90 Å². The fourth-order valence-corrected chi connectivity index (χ4v) is 3.46. The maximum Gasteiger partial charge on any atom is 0.254 e. The maximum absolute atomic E-state index is 13.1. The zero-order valence-electron chi connectivity index (χ0n) is 15.5. The number of nitrogens with zero attached hydrogens (tertiary/aromatic N) is 1. The van der Waals surface area contributed by atoms with Crippen LogP contribution in [0.2, 0.25) is 0 Å². The molecule has 1 heterocycles. The first-order valence-electron chi connectivity index (χ1n) is 8.93. The fourth-order valence-electron chi connectivity index (χ4n) is 3.46. The molecule has 1 atom stereocenters. The Morgan fingerprint density at radius 2 is 1.81 bits per heavy atom. The number of benzene rings is 2. The molecule has 0 aromatic heterocycles. The van der Waals surface area contributed by atoms with Gasteiger partial charge in [-0.15, -0.1) is 0 Å². The number of carbonyl (C=O) groups excluding carboxylic acids is 1. The lowest BCUT2D eigenvalue weighted by atomic mass is 10.0. The van der Waals surface area contributed by atoms with Crippen LogP contribution in [0.5, 0.6) is 17.2 Å². The van der Waals surface area contributed by atoms with Crippen molar-refractivity contribution in [2.45, 2.75) is 25.8 Å². The van der Waals surface area contributed by atoms with Crippen molar-refractivity contribution in [3.63, 3.8) is 0 Å². The summed E-state index contributed by atoms with van der Waals surface area (Å²) in [6.45, 7) is 3.28. The zero-order valence-corrected chi connectivity index (χ0v) is 15.5. The third-order valence-corrected chi connectivity index (χ3v) is 4.72. The van der Waals surface area contributed by atoms with Crippen molar-refractivity contribution in [3.8, 4) is 17.2 Å². The van der Waals surface area contributed by atoms with Crippen LogP contribution < -0.4 is 14.2 Å². The number of amides is 1. The van der Waals surface area contributed by atoms with Gasteiger partial charge in [-0.05, 0) is 62.2 Å². The number of rotatable bonds is 6. The van der Waals surface area contributed by atoms with Crippen LogP contribution in [0.3, 0.4) is 0 Å². The van der Waals surface area contributed by atoms with Crippen LogP contribution in [0.1, 0.15) is 41.7 Å². The Balaban J connectivity index is 1.87. The summed E-state index contributed by atoms with van der Waals surface area (Å²) >= 11 is 0. The van der Waals surface area contributed by atoms with Crippen LogP contribution in [-0.4, -0.2) is 38.2 Å². The summed E-state index contributed by atoms with van der Waals surface area (Å²) in [5.74, 6) is 2.35. The van der Waals surface area contributed by atoms with E-state index in [0.29, 0.717) is 12.2 Å². The second kappa shape index (κ2) is 8.13. The summed E-state index contributed by atoms with van der Waals surface area (Å²) in [6.07, 6.45) is 1.88. The van der Waals surface area contributed by atoms with Gasteiger partial charge in [-0.3, -0.25) is 4.79 Å². The Morgan fingerprint density at radius 1 is 1.08 bits per heavy atom. The van der Waals surface area contributed by atoms with Gasteiger partial charge in [-0.2, -0.15) is 0 Å². The SMILES string of the molecule is CCOc1ccc(C(=O)N2CCC[C@@H]2c2cc(OC)ccc2OC)cc1. The van der Waals surface area contributed by atoms with Gasteiger partial charge < -0.3 is 19.1 Å². The highest BCUT2D eigenvalue weighted by Gasteiger charge is 2.32. The average Bonchev–Trinajstić information content (AvgIpc) is 3.17. The summed E-state index contributed by atoms with van der Waals surface area (Å²) in [5, 5.41) is 0. The van der Waals surface area contributed by atoms with Gasteiger partial charge in [0.1, 0.15) is 17.2 Å². The van der Waals surface area contributed by atoms with Gasteiger partial charge in [-0.1, -0.05) is 0 Å². The van der Waals surface area contributed by atoms with Crippen LogP contribution in [0.25, 0.3) is 0 Å². The molecule has 1 aliphatic heterocycles. The lowest BCUT2D eigenvalue weighted by Crippen LogP contribution is -2.30. The van der Waals surface area contributed by atoms with E-state index in [2.05, 4.69) is 0 Å².